The van der Waals surface area contributed by atoms with Crippen molar-refractivity contribution in [3.05, 3.63) is 78.9 Å². The van der Waals surface area contributed by atoms with E-state index in [0.29, 0.717) is 24.7 Å². The fourth-order valence-corrected chi connectivity index (χ4v) is 3.40. The maximum absolute atomic E-state index is 12.5. The lowest BCUT2D eigenvalue weighted by atomic mass is 10.3. The van der Waals surface area contributed by atoms with Gasteiger partial charge in [-0.2, -0.15) is 0 Å². The van der Waals surface area contributed by atoms with Crippen LogP contribution < -0.4 is 24.4 Å². The zero-order valence-electron chi connectivity index (χ0n) is 16.8. The molecule has 1 fully saturated rings. The molecule has 3 aromatic carbocycles. The van der Waals surface area contributed by atoms with Crippen molar-refractivity contribution >= 4 is 17.1 Å². The monoisotopic (exact) mass is 469 g/mol. The molecule has 1 aliphatic heterocycles. The average molecular weight is 469 g/mol. The van der Waals surface area contributed by atoms with Gasteiger partial charge in [0.25, 0.3) is 0 Å². The normalized spacial score (nSPS) is 14.5. The van der Waals surface area contributed by atoms with Gasteiger partial charge >= 0.3 is 12.7 Å². The molecule has 33 heavy (non-hydrogen) atoms. The molecule has 0 N–H and O–H groups in total. The molecule has 0 aromatic heterocycles. The van der Waals surface area contributed by atoms with E-state index in [9.17, 15) is 26.3 Å². The first-order valence-corrected chi connectivity index (χ1v) is 9.64. The Morgan fingerprint density at radius 3 is 1.27 bits per heavy atom. The molecule has 11 heteroatoms. The number of hydrazine groups is 1. The summed E-state index contributed by atoms with van der Waals surface area (Å²) < 4.78 is 82.7. The van der Waals surface area contributed by atoms with Gasteiger partial charge in [-0.25, -0.2) is 0 Å². The Balaban J connectivity index is 1.61. The highest BCUT2D eigenvalue weighted by molar-refractivity contribution is 5.65. The van der Waals surface area contributed by atoms with Crippen LogP contribution in [-0.4, -0.2) is 26.1 Å². The third-order valence-electron chi connectivity index (χ3n) is 4.76. The Bertz CT molecular complexity index is 989. The van der Waals surface area contributed by atoms with Crippen LogP contribution in [0.4, 0.5) is 43.4 Å². The van der Waals surface area contributed by atoms with Crippen molar-refractivity contribution in [1.29, 1.82) is 0 Å². The van der Waals surface area contributed by atoms with Gasteiger partial charge in [-0.3, -0.25) is 10.0 Å². The number of anilines is 3. The lowest BCUT2D eigenvalue weighted by Gasteiger charge is -2.30. The van der Waals surface area contributed by atoms with Crippen LogP contribution in [0.1, 0.15) is 0 Å². The van der Waals surface area contributed by atoms with Crippen LogP contribution in [-0.2, 0) is 0 Å². The van der Waals surface area contributed by atoms with Crippen LogP contribution in [0.3, 0.4) is 0 Å². The maximum atomic E-state index is 12.5. The van der Waals surface area contributed by atoms with Gasteiger partial charge in [-0.05, 0) is 60.7 Å². The van der Waals surface area contributed by atoms with Gasteiger partial charge in [-0.15, -0.1) is 26.3 Å². The second-order valence-electron chi connectivity index (χ2n) is 7.04. The van der Waals surface area contributed by atoms with E-state index in [4.69, 9.17) is 0 Å². The first-order chi connectivity index (χ1) is 15.6. The largest absolute Gasteiger partial charge is 0.573 e. The predicted molar refractivity (Wildman–Crippen MR) is 110 cm³/mol. The molecule has 0 bridgehead atoms. The van der Waals surface area contributed by atoms with Crippen LogP contribution in [0.2, 0.25) is 0 Å². The molecule has 0 saturated carbocycles. The fraction of sp³-hybridized carbons (Fsp3) is 0.182. The molecule has 0 unspecified atom stereocenters. The molecule has 3 aromatic rings. The first kappa shape index (κ1) is 22.4. The Morgan fingerprint density at radius 2 is 0.909 bits per heavy atom. The van der Waals surface area contributed by atoms with Crippen molar-refractivity contribution in [2.75, 3.05) is 28.3 Å². The van der Waals surface area contributed by atoms with Crippen molar-refractivity contribution in [2.45, 2.75) is 12.7 Å². The van der Waals surface area contributed by atoms with E-state index in [1.807, 2.05) is 35.2 Å². The van der Waals surface area contributed by atoms with Crippen molar-refractivity contribution in [1.82, 2.24) is 0 Å². The predicted octanol–water partition coefficient (Wildman–Crippen LogP) is 6.15. The van der Waals surface area contributed by atoms with E-state index in [1.54, 1.807) is 10.0 Å². The molecule has 1 aliphatic rings. The zero-order valence-corrected chi connectivity index (χ0v) is 16.8. The number of ether oxygens (including phenoxy) is 2. The van der Waals surface area contributed by atoms with Gasteiger partial charge in [0.05, 0.1) is 11.4 Å². The van der Waals surface area contributed by atoms with Gasteiger partial charge < -0.3 is 14.4 Å². The van der Waals surface area contributed by atoms with Crippen LogP contribution in [0, 0.1) is 0 Å². The summed E-state index contributed by atoms with van der Waals surface area (Å²) in [5.41, 5.74) is 2.04. The molecule has 1 heterocycles. The van der Waals surface area contributed by atoms with Crippen molar-refractivity contribution in [2.24, 2.45) is 0 Å². The Morgan fingerprint density at radius 1 is 0.515 bits per heavy atom. The average Bonchev–Trinajstić information content (AvgIpc) is 3.19. The number of hydrogen-bond donors (Lipinski definition) is 0. The second-order valence-corrected chi connectivity index (χ2v) is 7.04. The highest BCUT2D eigenvalue weighted by atomic mass is 19.4. The van der Waals surface area contributed by atoms with E-state index in [0.717, 1.165) is 5.69 Å². The minimum absolute atomic E-state index is 0.351. The first-order valence-electron chi connectivity index (χ1n) is 9.64. The molecule has 4 rings (SSSR count). The van der Waals surface area contributed by atoms with Crippen LogP contribution in [0.5, 0.6) is 11.5 Å². The number of hydrogen-bond acceptors (Lipinski definition) is 5. The summed E-state index contributed by atoms with van der Waals surface area (Å²) in [6, 6.07) is 20.1. The summed E-state index contributed by atoms with van der Waals surface area (Å²) in [5.74, 6) is -0.712. The molecular weight excluding hydrogens is 452 g/mol. The van der Waals surface area contributed by atoms with E-state index < -0.39 is 12.7 Å². The lowest BCUT2D eigenvalue weighted by Crippen LogP contribution is -2.36. The molecule has 0 atom stereocenters. The summed E-state index contributed by atoms with van der Waals surface area (Å²) in [6.45, 7) is 0.703. The van der Waals surface area contributed by atoms with Crippen LogP contribution in [0.25, 0.3) is 0 Å². The molecule has 0 radical (unpaired) electrons. The van der Waals surface area contributed by atoms with Crippen LogP contribution >= 0.6 is 0 Å². The third kappa shape index (κ3) is 5.73. The van der Waals surface area contributed by atoms with Gasteiger partial charge in [0.2, 0.25) is 0 Å². The van der Waals surface area contributed by atoms with Crippen molar-refractivity contribution in [3.8, 4) is 11.5 Å². The van der Waals surface area contributed by atoms with Gasteiger partial charge in [-0.1, -0.05) is 18.2 Å². The number of halogens is 6. The third-order valence-corrected chi connectivity index (χ3v) is 4.76. The lowest BCUT2D eigenvalue weighted by molar-refractivity contribution is -0.275. The number of nitrogens with zero attached hydrogens (tertiary/aromatic N) is 3. The van der Waals surface area contributed by atoms with Crippen molar-refractivity contribution in [3.63, 3.8) is 0 Å². The highest BCUT2D eigenvalue weighted by Gasteiger charge is 2.33. The molecule has 0 spiro atoms. The summed E-state index contributed by atoms with van der Waals surface area (Å²) in [4.78, 5) is 2.00. The summed E-state index contributed by atoms with van der Waals surface area (Å²) in [5, 5.41) is 3.59. The zero-order chi connectivity index (χ0) is 23.6. The molecule has 174 valence electrons. The summed E-state index contributed by atoms with van der Waals surface area (Å²) in [6.07, 6.45) is -9.60. The standard InChI is InChI=1S/C22H17F6N3O2/c23-21(24,25)32-19-10-6-17(7-11-19)30-14-29(16-4-2-1-3-5-16)15-31(30)18-8-12-20(13-9-18)33-22(26,27)28/h1-13H,14-15H2. The molecule has 1 saturated heterocycles. The number of rotatable bonds is 5. The van der Waals surface area contributed by atoms with E-state index in [2.05, 4.69) is 9.47 Å². The molecule has 0 aliphatic carbocycles. The quantitative estimate of drug-likeness (QED) is 0.418. The number of alkyl halides is 6. The van der Waals surface area contributed by atoms with Crippen LogP contribution in [0.15, 0.2) is 78.9 Å². The SMILES string of the molecule is FC(F)(F)Oc1ccc(N2CN(c3ccccc3)CN2c2ccc(OC(F)(F)F)cc2)cc1. The topological polar surface area (TPSA) is 28.2 Å². The van der Waals surface area contributed by atoms with Gasteiger partial charge in [0, 0.05) is 5.69 Å². The Kier molecular flexibility index (Phi) is 5.88. The second kappa shape index (κ2) is 8.64. The Labute approximate surface area is 184 Å². The minimum Gasteiger partial charge on any atom is -0.406 e. The smallest absolute Gasteiger partial charge is 0.406 e. The maximum Gasteiger partial charge on any atom is 0.573 e. The van der Waals surface area contributed by atoms with Crippen molar-refractivity contribution < 1.29 is 35.8 Å². The minimum atomic E-state index is -4.80. The molecular formula is C22H17F6N3O2. The van der Waals surface area contributed by atoms with E-state index >= 15 is 0 Å². The number of para-hydroxylation sites is 1. The van der Waals surface area contributed by atoms with Gasteiger partial charge in [0.1, 0.15) is 24.8 Å². The highest BCUT2D eigenvalue weighted by Crippen LogP contribution is 2.33. The molecule has 0 amide bonds. The van der Waals surface area contributed by atoms with E-state index in [1.165, 1.54) is 48.5 Å². The summed E-state index contributed by atoms with van der Waals surface area (Å²) in [7, 11) is 0. The Hall–Kier alpha value is -3.76. The number of benzene rings is 3. The molecule has 5 nitrogen and oxygen atoms in total. The van der Waals surface area contributed by atoms with E-state index in [-0.39, 0.29) is 11.5 Å². The fourth-order valence-electron chi connectivity index (χ4n) is 3.40. The summed E-state index contributed by atoms with van der Waals surface area (Å²) >= 11 is 0. The van der Waals surface area contributed by atoms with Gasteiger partial charge in [0.15, 0.2) is 0 Å².